The Bertz CT molecular complexity index is 813. The Labute approximate surface area is 255 Å². The van der Waals surface area contributed by atoms with Crippen molar-refractivity contribution in [2.24, 2.45) is 71.0 Å². The van der Waals surface area contributed by atoms with E-state index in [0.29, 0.717) is 71.5 Å². The first-order chi connectivity index (χ1) is 19.3. The van der Waals surface area contributed by atoms with E-state index < -0.39 is 0 Å². The van der Waals surface area contributed by atoms with Gasteiger partial charge in [-0.1, -0.05) is 132 Å². The SMILES string of the molecule is C[C@H]1[C@H](C)[C@@H](N(CCCN([C@H]2C=C[C@@H](C)[C@@H](C)[C@@H]2C)[C@H]2C=C[C@@H](C)[C@@H](C)[C@@H]2C)[C@H]2C=C[C@@H](C)[C@@H](C)[C@@H]2C)C=C[C@H]1C. The van der Waals surface area contributed by atoms with Crippen LogP contribution < -0.4 is 0 Å². The third kappa shape index (κ3) is 6.69. The van der Waals surface area contributed by atoms with Crippen LogP contribution in [0.5, 0.6) is 0 Å². The Morgan fingerprint density at radius 1 is 0.317 bits per heavy atom. The van der Waals surface area contributed by atoms with Gasteiger partial charge in [-0.3, -0.25) is 9.80 Å². The van der Waals surface area contributed by atoms with Gasteiger partial charge in [-0.25, -0.2) is 0 Å². The lowest BCUT2D eigenvalue weighted by Crippen LogP contribution is -2.55. The highest BCUT2D eigenvalue weighted by Crippen LogP contribution is 2.40. The average molecular weight is 563 g/mol. The van der Waals surface area contributed by atoms with Crippen molar-refractivity contribution in [1.29, 1.82) is 0 Å². The standard InChI is InChI=1S/C39H66N2/c1-24-14-18-36(32(9)28(24)5)40(37-19-15-25(2)29(6)33(37)10)22-13-23-41(38-20-16-26(3)30(7)34(38)11)39-21-17-27(4)31(8)35(39)12/h14-21,24-39H,13,22-23H2,1-12H3/t24-,25-,26-,27-,28-,29-,30-,31-,32+,33+,34+,35+,36+,37+,38+,39+/m1/s1. The lowest BCUT2D eigenvalue weighted by molar-refractivity contribution is 0.0383. The molecule has 0 bridgehead atoms. The Balaban J connectivity index is 1.61. The molecular formula is C39H66N2. The maximum absolute atomic E-state index is 2.93. The zero-order valence-electron chi connectivity index (χ0n) is 28.9. The van der Waals surface area contributed by atoms with Crippen LogP contribution in [0.1, 0.15) is 89.5 Å². The first kappa shape index (κ1) is 32.8. The van der Waals surface area contributed by atoms with E-state index in [1.807, 2.05) is 0 Å². The van der Waals surface area contributed by atoms with Gasteiger partial charge in [0.1, 0.15) is 0 Å². The van der Waals surface area contributed by atoms with Crippen LogP contribution in [-0.4, -0.2) is 47.1 Å². The summed E-state index contributed by atoms with van der Waals surface area (Å²) in [6.45, 7) is 32.0. The molecule has 0 aromatic heterocycles. The number of hydrogen-bond acceptors (Lipinski definition) is 2. The predicted octanol–water partition coefficient (Wildman–Crippen LogP) is 9.37. The summed E-state index contributed by atoms with van der Waals surface area (Å²) in [5.41, 5.74) is 0. The third-order valence-electron chi connectivity index (χ3n) is 13.6. The molecule has 0 saturated heterocycles. The molecule has 4 aliphatic carbocycles. The first-order valence-electron chi connectivity index (χ1n) is 17.6. The van der Waals surface area contributed by atoms with Gasteiger partial charge in [0.2, 0.25) is 0 Å². The van der Waals surface area contributed by atoms with Gasteiger partial charge in [0.25, 0.3) is 0 Å². The van der Waals surface area contributed by atoms with Crippen LogP contribution in [0.2, 0.25) is 0 Å². The molecule has 0 N–H and O–H groups in total. The molecular weight excluding hydrogens is 496 g/mol. The molecule has 2 heteroatoms. The molecule has 4 aliphatic rings. The molecule has 0 fully saturated rings. The highest BCUT2D eigenvalue weighted by molar-refractivity contribution is 5.15. The maximum Gasteiger partial charge on any atom is 0.0312 e. The van der Waals surface area contributed by atoms with E-state index in [9.17, 15) is 0 Å². The van der Waals surface area contributed by atoms with Crippen molar-refractivity contribution in [3.8, 4) is 0 Å². The normalized spacial score (nSPS) is 48.3. The quantitative estimate of drug-likeness (QED) is 0.272. The fourth-order valence-corrected chi connectivity index (χ4v) is 8.80. The molecule has 4 rings (SSSR count). The molecule has 0 aliphatic heterocycles. The second kappa shape index (κ2) is 13.7. The molecule has 41 heavy (non-hydrogen) atoms. The van der Waals surface area contributed by atoms with Gasteiger partial charge in [0, 0.05) is 37.3 Å². The van der Waals surface area contributed by atoms with Crippen molar-refractivity contribution in [2.75, 3.05) is 13.1 Å². The van der Waals surface area contributed by atoms with Crippen molar-refractivity contribution in [3.63, 3.8) is 0 Å². The minimum atomic E-state index is 0.524. The highest BCUT2D eigenvalue weighted by Gasteiger charge is 2.41. The minimum Gasteiger partial charge on any atom is -0.290 e. The molecule has 0 amide bonds. The summed E-state index contributed by atoms with van der Waals surface area (Å²) in [7, 11) is 0. The second-order valence-electron chi connectivity index (χ2n) is 15.6. The smallest absolute Gasteiger partial charge is 0.0312 e. The Kier molecular flexibility index (Phi) is 10.9. The van der Waals surface area contributed by atoms with Crippen LogP contribution in [-0.2, 0) is 0 Å². The number of nitrogens with zero attached hydrogens (tertiary/aromatic N) is 2. The molecule has 232 valence electrons. The molecule has 0 spiro atoms. The van der Waals surface area contributed by atoms with Crippen molar-refractivity contribution >= 4 is 0 Å². The lowest BCUT2D eigenvalue weighted by Gasteiger charge is -2.49. The van der Waals surface area contributed by atoms with Crippen LogP contribution in [0.3, 0.4) is 0 Å². The van der Waals surface area contributed by atoms with Gasteiger partial charge in [-0.2, -0.15) is 0 Å². The van der Waals surface area contributed by atoms with E-state index in [4.69, 9.17) is 0 Å². The molecule has 16 atom stereocenters. The molecule has 0 radical (unpaired) electrons. The maximum atomic E-state index is 2.93. The van der Waals surface area contributed by atoms with Gasteiger partial charge in [-0.05, 0) is 77.4 Å². The van der Waals surface area contributed by atoms with E-state index in [2.05, 4.69) is 141 Å². The summed E-state index contributed by atoms with van der Waals surface area (Å²) in [5.74, 6) is 8.26. The summed E-state index contributed by atoms with van der Waals surface area (Å²) < 4.78 is 0. The molecule has 0 saturated carbocycles. The first-order valence-corrected chi connectivity index (χ1v) is 17.6. The number of rotatable bonds is 8. The van der Waals surface area contributed by atoms with Gasteiger partial charge in [0.15, 0.2) is 0 Å². The van der Waals surface area contributed by atoms with Gasteiger partial charge in [-0.15, -0.1) is 0 Å². The zero-order valence-corrected chi connectivity index (χ0v) is 28.9. The summed E-state index contributed by atoms with van der Waals surface area (Å²) in [5, 5.41) is 0. The average Bonchev–Trinajstić information content (AvgIpc) is 2.94. The van der Waals surface area contributed by atoms with Crippen LogP contribution >= 0.6 is 0 Å². The Morgan fingerprint density at radius 2 is 0.537 bits per heavy atom. The van der Waals surface area contributed by atoms with E-state index in [1.54, 1.807) is 0 Å². The summed E-state index contributed by atoms with van der Waals surface area (Å²) in [6.07, 6.45) is 21.6. The minimum absolute atomic E-state index is 0.524. The second-order valence-corrected chi connectivity index (χ2v) is 15.6. The Morgan fingerprint density at radius 3 is 0.756 bits per heavy atom. The van der Waals surface area contributed by atoms with E-state index >= 15 is 0 Å². The van der Waals surface area contributed by atoms with Crippen molar-refractivity contribution < 1.29 is 0 Å². The number of hydrogen-bond donors (Lipinski definition) is 0. The summed E-state index contributed by atoms with van der Waals surface area (Å²) >= 11 is 0. The van der Waals surface area contributed by atoms with Gasteiger partial charge in [0.05, 0.1) is 0 Å². The van der Waals surface area contributed by atoms with Crippen LogP contribution in [0.15, 0.2) is 48.6 Å². The van der Waals surface area contributed by atoms with Gasteiger partial charge < -0.3 is 0 Å². The predicted molar refractivity (Wildman–Crippen MR) is 180 cm³/mol. The fourth-order valence-electron chi connectivity index (χ4n) is 8.80. The van der Waals surface area contributed by atoms with E-state index in [0.717, 1.165) is 23.7 Å². The Hall–Kier alpha value is -1.12. The van der Waals surface area contributed by atoms with Crippen LogP contribution in [0.4, 0.5) is 0 Å². The van der Waals surface area contributed by atoms with Crippen LogP contribution in [0.25, 0.3) is 0 Å². The summed E-state index contributed by atoms with van der Waals surface area (Å²) in [6, 6.07) is 2.10. The van der Waals surface area contributed by atoms with Crippen LogP contribution in [0, 0.1) is 71.0 Å². The van der Waals surface area contributed by atoms with E-state index in [-0.39, 0.29) is 0 Å². The molecule has 0 aromatic rings. The lowest BCUT2D eigenvalue weighted by atomic mass is 9.72. The largest absolute Gasteiger partial charge is 0.290 e. The third-order valence-corrected chi connectivity index (χ3v) is 13.6. The topological polar surface area (TPSA) is 6.48 Å². The fraction of sp³-hybridized carbons (Fsp3) is 0.795. The van der Waals surface area contributed by atoms with Crippen molar-refractivity contribution in [1.82, 2.24) is 9.80 Å². The monoisotopic (exact) mass is 563 g/mol. The van der Waals surface area contributed by atoms with Gasteiger partial charge >= 0.3 is 0 Å². The highest BCUT2D eigenvalue weighted by atomic mass is 15.2. The number of allylic oxidation sites excluding steroid dienone is 4. The zero-order chi connectivity index (χ0) is 30.2. The van der Waals surface area contributed by atoms with Crippen molar-refractivity contribution in [2.45, 2.75) is 114 Å². The van der Waals surface area contributed by atoms with E-state index in [1.165, 1.54) is 19.5 Å². The molecule has 0 heterocycles. The molecule has 0 unspecified atom stereocenters. The molecule has 2 nitrogen and oxygen atoms in total. The molecule has 0 aromatic carbocycles. The summed E-state index contributed by atoms with van der Waals surface area (Å²) in [4.78, 5) is 5.86. The van der Waals surface area contributed by atoms with Crippen molar-refractivity contribution in [3.05, 3.63) is 48.6 Å².